The molecule has 3 rings (SSSR count). The van der Waals surface area contributed by atoms with Crippen molar-refractivity contribution in [2.24, 2.45) is 0 Å². The van der Waals surface area contributed by atoms with Crippen molar-refractivity contribution in [2.75, 3.05) is 7.11 Å². The van der Waals surface area contributed by atoms with E-state index >= 15 is 0 Å². The SMILES string of the molecule is COc1cccc2c1nc(CCl)n2C1CCCCC1. The first-order chi connectivity index (χ1) is 9.35. The van der Waals surface area contributed by atoms with Crippen LogP contribution < -0.4 is 4.74 Å². The van der Waals surface area contributed by atoms with Crippen LogP contribution in [-0.2, 0) is 5.88 Å². The number of halogens is 1. The van der Waals surface area contributed by atoms with Gasteiger partial charge in [0.2, 0.25) is 0 Å². The van der Waals surface area contributed by atoms with Gasteiger partial charge in [-0.05, 0) is 25.0 Å². The fourth-order valence-electron chi connectivity index (χ4n) is 3.15. The average Bonchev–Trinajstić information content (AvgIpc) is 2.86. The van der Waals surface area contributed by atoms with Gasteiger partial charge in [-0.1, -0.05) is 25.3 Å². The van der Waals surface area contributed by atoms with E-state index in [9.17, 15) is 0 Å². The lowest BCUT2D eigenvalue weighted by Crippen LogP contribution is -2.14. The van der Waals surface area contributed by atoms with Gasteiger partial charge in [0.1, 0.15) is 17.1 Å². The van der Waals surface area contributed by atoms with Crippen LogP contribution in [-0.4, -0.2) is 16.7 Å². The average molecular weight is 279 g/mol. The molecular weight excluding hydrogens is 260 g/mol. The van der Waals surface area contributed by atoms with E-state index in [2.05, 4.69) is 15.6 Å². The van der Waals surface area contributed by atoms with Crippen LogP contribution in [0.15, 0.2) is 18.2 Å². The summed E-state index contributed by atoms with van der Waals surface area (Å²) in [6, 6.07) is 6.65. The molecule has 1 aromatic carbocycles. The highest BCUT2D eigenvalue weighted by Crippen LogP contribution is 2.35. The number of imidazole rings is 1. The molecule has 2 aromatic rings. The summed E-state index contributed by atoms with van der Waals surface area (Å²) in [5, 5.41) is 0. The zero-order chi connectivity index (χ0) is 13.2. The van der Waals surface area contributed by atoms with Crippen molar-refractivity contribution in [1.29, 1.82) is 0 Å². The lowest BCUT2D eigenvalue weighted by Gasteiger charge is -2.25. The number of hydrogen-bond acceptors (Lipinski definition) is 2. The zero-order valence-electron chi connectivity index (χ0n) is 11.2. The van der Waals surface area contributed by atoms with Crippen molar-refractivity contribution in [2.45, 2.75) is 44.0 Å². The van der Waals surface area contributed by atoms with E-state index in [1.165, 1.54) is 32.1 Å². The Morgan fingerprint density at radius 1 is 1.32 bits per heavy atom. The van der Waals surface area contributed by atoms with Crippen LogP contribution >= 0.6 is 11.6 Å². The van der Waals surface area contributed by atoms with Gasteiger partial charge in [0.25, 0.3) is 0 Å². The van der Waals surface area contributed by atoms with Crippen LogP contribution in [0.1, 0.15) is 44.0 Å². The largest absolute Gasteiger partial charge is 0.494 e. The van der Waals surface area contributed by atoms with E-state index in [0.29, 0.717) is 11.9 Å². The molecule has 0 N–H and O–H groups in total. The molecule has 4 heteroatoms. The molecule has 0 saturated heterocycles. The number of fused-ring (bicyclic) bond motifs is 1. The van der Waals surface area contributed by atoms with E-state index in [-0.39, 0.29) is 0 Å². The third-order valence-corrected chi connectivity index (χ3v) is 4.27. The molecule has 0 aliphatic heterocycles. The van der Waals surface area contributed by atoms with Crippen LogP contribution in [0.4, 0.5) is 0 Å². The van der Waals surface area contributed by atoms with Crippen molar-refractivity contribution in [3.63, 3.8) is 0 Å². The third kappa shape index (κ3) is 2.20. The first-order valence-electron chi connectivity index (χ1n) is 6.95. The molecule has 1 heterocycles. The van der Waals surface area contributed by atoms with Crippen molar-refractivity contribution in [3.8, 4) is 5.75 Å². The molecule has 0 radical (unpaired) electrons. The highest BCUT2D eigenvalue weighted by molar-refractivity contribution is 6.16. The molecule has 0 unspecified atom stereocenters. The van der Waals surface area contributed by atoms with Gasteiger partial charge < -0.3 is 9.30 Å². The Labute approximate surface area is 118 Å². The fraction of sp³-hybridized carbons (Fsp3) is 0.533. The second kappa shape index (κ2) is 5.41. The molecular formula is C15H19ClN2O. The first-order valence-corrected chi connectivity index (χ1v) is 7.48. The lowest BCUT2D eigenvalue weighted by molar-refractivity contribution is 0.354. The van der Waals surface area contributed by atoms with Crippen molar-refractivity contribution in [3.05, 3.63) is 24.0 Å². The molecule has 0 amide bonds. The van der Waals surface area contributed by atoms with E-state index < -0.39 is 0 Å². The second-order valence-corrected chi connectivity index (χ2v) is 5.42. The molecule has 1 fully saturated rings. The summed E-state index contributed by atoms with van der Waals surface area (Å²) in [6.45, 7) is 0. The Balaban J connectivity index is 2.15. The van der Waals surface area contributed by atoms with Crippen molar-refractivity contribution < 1.29 is 4.74 Å². The predicted molar refractivity (Wildman–Crippen MR) is 78.0 cm³/mol. The monoisotopic (exact) mass is 278 g/mol. The van der Waals surface area contributed by atoms with E-state index in [0.717, 1.165) is 22.6 Å². The molecule has 0 bridgehead atoms. The minimum absolute atomic E-state index is 0.453. The zero-order valence-corrected chi connectivity index (χ0v) is 12.0. The number of para-hydroxylation sites is 1. The Kier molecular flexibility index (Phi) is 3.65. The number of hydrogen-bond donors (Lipinski definition) is 0. The number of methoxy groups -OCH3 is 1. The maximum atomic E-state index is 6.09. The van der Waals surface area contributed by atoms with Gasteiger partial charge in [0.05, 0.1) is 18.5 Å². The summed E-state index contributed by atoms with van der Waals surface area (Å²) in [6.07, 6.45) is 6.41. The van der Waals surface area contributed by atoms with E-state index in [1.807, 2.05) is 12.1 Å². The molecule has 0 atom stereocenters. The third-order valence-electron chi connectivity index (χ3n) is 4.04. The Hall–Kier alpha value is -1.22. The molecule has 3 nitrogen and oxygen atoms in total. The smallest absolute Gasteiger partial charge is 0.146 e. The molecule has 1 saturated carbocycles. The van der Waals surface area contributed by atoms with Crippen molar-refractivity contribution >= 4 is 22.6 Å². The Bertz CT molecular complexity index is 573. The Morgan fingerprint density at radius 2 is 2.11 bits per heavy atom. The second-order valence-electron chi connectivity index (χ2n) is 5.15. The maximum Gasteiger partial charge on any atom is 0.146 e. The van der Waals surface area contributed by atoms with Gasteiger partial charge in [-0.15, -0.1) is 11.6 Å². The van der Waals surface area contributed by atoms with Gasteiger partial charge in [0.15, 0.2) is 0 Å². The number of aromatic nitrogens is 2. The standard InChI is InChI=1S/C15H19ClN2O/c1-19-13-9-5-8-12-15(13)17-14(10-16)18(12)11-6-3-2-4-7-11/h5,8-9,11H,2-4,6-7,10H2,1H3. The van der Waals surface area contributed by atoms with Crippen LogP contribution in [0.5, 0.6) is 5.75 Å². The molecule has 102 valence electrons. The molecule has 0 spiro atoms. The lowest BCUT2D eigenvalue weighted by atomic mass is 9.95. The summed E-state index contributed by atoms with van der Waals surface area (Å²) < 4.78 is 7.75. The van der Waals surface area contributed by atoms with Gasteiger partial charge in [-0.3, -0.25) is 0 Å². The van der Waals surface area contributed by atoms with Crippen LogP contribution in [0, 0.1) is 0 Å². The summed E-state index contributed by atoms with van der Waals surface area (Å²) >= 11 is 6.09. The van der Waals surface area contributed by atoms with Crippen LogP contribution in [0.2, 0.25) is 0 Å². The van der Waals surface area contributed by atoms with E-state index in [4.69, 9.17) is 16.3 Å². The van der Waals surface area contributed by atoms with Gasteiger partial charge in [0, 0.05) is 6.04 Å². The molecule has 19 heavy (non-hydrogen) atoms. The van der Waals surface area contributed by atoms with Gasteiger partial charge in [-0.2, -0.15) is 0 Å². The van der Waals surface area contributed by atoms with Crippen LogP contribution in [0.3, 0.4) is 0 Å². The summed E-state index contributed by atoms with van der Waals surface area (Å²) in [5.74, 6) is 2.25. The number of ether oxygens (including phenoxy) is 1. The van der Waals surface area contributed by atoms with Crippen LogP contribution in [0.25, 0.3) is 11.0 Å². The predicted octanol–water partition coefficient (Wildman–Crippen LogP) is 4.29. The summed E-state index contributed by atoms with van der Waals surface area (Å²) in [7, 11) is 1.69. The topological polar surface area (TPSA) is 27.1 Å². The summed E-state index contributed by atoms with van der Waals surface area (Å²) in [5.41, 5.74) is 2.09. The minimum Gasteiger partial charge on any atom is -0.494 e. The normalized spacial score (nSPS) is 16.9. The summed E-state index contributed by atoms with van der Waals surface area (Å²) in [4.78, 5) is 4.68. The van der Waals surface area contributed by atoms with Gasteiger partial charge >= 0.3 is 0 Å². The first kappa shape index (κ1) is 12.8. The number of rotatable bonds is 3. The molecule has 1 aromatic heterocycles. The maximum absolute atomic E-state index is 6.09. The number of nitrogens with zero attached hydrogens (tertiary/aromatic N) is 2. The number of alkyl halides is 1. The van der Waals surface area contributed by atoms with Gasteiger partial charge in [-0.25, -0.2) is 4.98 Å². The van der Waals surface area contributed by atoms with E-state index in [1.54, 1.807) is 7.11 Å². The molecule has 1 aliphatic carbocycles. The highest BCUT2D eigenvalue weighted by atomic mass is 35.5. The Morgan fingerprint density at radius 3 is 2.79 bits per heavy atom. The highest BCUT2D eigenvalue weighted by Gasteiger charge is 2.22. The fourth-order valence-corrected chi connectivity index (χ4v) is 3.33. The minimum atomic E-state index is 0.453. The quantitative estimate of drug-likeness (QED) is 0.783. The number of benzene rings is 1. The van der Waals surface area contributed by atoms with Crippen molar-refractivity contribution in [1.82, 2.24) is 9.55 Å². The molecule has 1 aliphatic rings.